The summed E-state index contributed by atoms with van der Waals surface area (Å²) in [6.07, 6.45) is 5.31. The summed E-state index contributed by atoms with van der Waals surface area (Å²) in [5, 5.41) is 8.54. The van der Waals surface area contributed by atoms with Gasteiger partial charge in [-0.15, -0.1) is 0 Å². The first-order chi connectivity index (χ1) is 8.83. The van der Waals surface area contributed by atoms with Gasteiger partial charge in [-0.05, 0) is 17.5 Å². The van der Waals surface area contributed by atoms with Gasteiger partial charge in [-0.3, -0.25) is 0 Å². The molecule has 2 rings (SSSR count). The molecule has 3 heteroatoms. The lowest BCUT2D eigenvalue weighted by molar-refractivity contribution is 0.917. The summed E-state index contributed by atoms with van der Waals surface area (Å²) in [4.78, 5) is 7.54. The highest BCUT2D eigenvalue weighted by atomic mass is 14.9. The largest absolute Gasteiger partial charge is 0.342 e. The third-order valence-electron chi connectivity index (χ3n) is 2.91. The van der Waals surface area contributed by atoms with E-state index < -0.39 is 0 Å². The van der Waals surface area contributed by atoms with Crippen LogP contribution in [-0.2, 0) is 12.8 Å². The lowest BCUT2D eigenvalue weighted by Gasteiger charge is -2.01. The lowest BCUT2D eigenvalue weighted by atomic mass is 10.1. The van der Waals surface area contributed by atoms with Gasteiger partial charge in [0.05, 0.1) is 18.0 Å². The van der Waals surface area contributed by atoms with E-state index in [0.29, 0.717) is 12.8 Å². The Morgan fingerprint density at radius 2 is 2.00 bits per heavy atom. The van der Waals surface area contributed by atoms with Crippen molar-refractivity contribution in [2.75, 3.05) is 0 Å². The van der Waals surface area contributed by atoms with Gasteiger partial charge in [0.25, 0.3) is 0 Å². The van der Waals surface area contributed by atoms with Gasteiger partial charge >= 0.3 is 0 Å². The Morgan fingerprint density at radius 3 is 2.67 bits per heavy atom. The Bertz CT molecular complexity index is 532. The van der Waals surface area contributed by atoms with Crippen molar-refractivity contribution < 1.29 is 0 Å². The third kappa shape index (κ3) is 2.98. The number of H-pyrrole nitrogens is 1. The summed E-state index contributed by atoms with van der Waals surface area (Å²) in [6.45, 7) is 2.18. The minimum absolute atomic E-state index is 0.502. The van der Waals surface area contributed by atoms with E-state index in [0.717, 1.165) is 23.5 Å². The molecule has 0 aliphatic rings. The van der Waals surface area contributed by atoms with Crippen molar-refractivity contribution in [1.29, 1.82) is 5.26 Å². The second kappa shape index (κ2) is 6.02. The van der Waals surface area contributed by atoms with Crippen molar-refractivity contribution in [2.24, 2.45) is 0 Å². The number of hydrogen-bond donors (Lipinski definition) is 1. The smallest absolute Gasteiger partial charge is 0.107 e. The number of nitrogens with one attached hydrogen (secondary N) is 1. The monoisotopic (exact) mass is 239 g/mol. The average Bonchev–Trinajstić information content (AvgIpc) is 2.86. The maximum absolute atomic E-state index is 8.54. The van der Waals surface area contributed by atoms with Crippen LogP contribution >= 0.6 is 0 Å². The van der Waals surface area contributed by atoms with Crippen LogP contribution < -0.4 is 0 Å². The van der Waals surface area contributed by atoms with Crippen LogP contribution in [-0.4, -0.2) is 9.97 Å². The summed E-state index contributed by atoms with van der Waals surface area (Å²) in [5.74, 6) is 0.879. The third-order valence-corrected chi connectivity index (χ3v) is 2.91. The zero-order valence-corrected chi connectivity index (χ0v) is 10.6. The second-order valence-electron chi connectivity index (χ2n) is 4.35. The Balaban J connectivity index is 2.11. The molecule has 0 spiro atoms. The molecule has 0 aliphatic heterocycles. The van der Waals surface area contributed by atoms with Gasteiger partial charge in [0.1, 0.15) is 5.82 Å². The van der Waals surface area contributed by atoms with Crippen molar-refractivity contribution >= 4 is 0 Å². The quantitative estimate of drug-likeness (QED) is 0.868. The Morgan fingerprint density at radius 1 is 1.22 bits per heavy atom. The highest BCUT2D eigenvalue weighted by Crippen LogP contribution is 2.18. The molecule has 0 atom stereocenters. The molecule has 1 aromatic carbocycles. The highest BCUT2D eigenvalue weighted by molar-refractivity contribution is 5.58. The fourth-order valence-corrected chi connectivity index (χ4v) is 1.95. The number of rotatable bonds is 5. The summed E-state index contributed by atoms with van der Waals surface area (Å²) < 4.78 is 0. The van der Waals surface area contributed by atoms with Gasteiger partial charge in [0.15, 0.2) is 0 Å². The van der Waals surface area contributed by atoms with Gasteiger partial charge in [0, 0.05) is 12.8 Å². The molecule has 0 saturated heterocycles. The molecule has 0 saturated carbocycles. The van der Waals surface area contributed by atoms with Crippen LogP contribution in [0.1, 0.15) is 31.2 Å². The summed E-state index contributed by atoms with van der Waals surface area (Å²) in [6, 6.07) is 10.7. The molecule has 0 unspecified atom stereocenters. The van der Waals surface area contributed by atoms with E-state index in [-0.39, 0.29) is 0 Å². The fraction of sp³-hybridized carbons (Fsp3) is 0.333. The Hall–Kier alpha value is -2.08. The van der Waals surface area contributed by atoms with Crippen molar-refractivity contribution in [2.45, 2.75) is 32.6 Å². The van der Waals surface area contributed by atoms with E-state index in [9.17, 15) is 0 Å². The highest BCUT2D eigenvalue weighted by Gasteiger charge is 2.03. The number of benzene rings is 1. The summed E-state index contributed by atoms with van der Waals surface area (Å²) in [5.41, 5.74) is 3.53. The number of hydrogen-bond acceptors (Lipinski definition) is 2. The van der Waals surface area contributed by atoms with E-state index in [1.54, 1.807) is 0 Å². The van der Waals surface area contributed by atoms with E-state index in [1.165, 1.54) is 12.0 Å². The molecule has 1 N–H and O–H groups in total. The number of nitriles is 1. The molecule has 92 valence electrons. The number of aromatic amines is 1. The number of aryl methyl sites for hydroxylation is 2. The van der Waals surface area contributed by atoms with Crippen LogP contribution in [0.5, 0.6) is 0 Å². The SMILES string of the molecule is CCCc1ccc(-c2cnc(CCC#N)[nH]2)cc1. The van der Waals surface area contributed by atoms with E-state index in [1.807, 2.05) is 6.20 Å². The number of imidazole rings is 1. The predicted molar refractivity (Wildman–Crippen MR) is 72.0 cm³/mol. The molecule has 2 aromatic rings. The molecule has 0 aliphatic carbocycles. The average molecular weight is 239 g/mol. The van der Waals surface area contributed by atoms with Crippen molar-refractivity contribution in [3.8, 4) is 17.3 Å². The summed E-state index contributed by atoms with van der Waals surface area (Å²) >= 11 is 0. The maximum Gasteiger partial charge on any atom is 0.107 e. The summed E-state index contributed by atoms with van der Waals surface area (Å²) in [7, 11) is 0. The van der Waals surface area contributed by atoms with E-state index in [2.05, 4.69) is 47.2 Å². The van der Waals surface area contributed by atoms with Crippen LogP contribution in [0.15, 0.2) is 30.5 Å². The molecule has 1 aromatic heterocycles. The van der Waals surface area contributed by atoms with Gasteiger partial charge < -0.3 is 4.98 Å². The zero-order chi connectivity index (χ0) is 12.8. The van der Waals surface area contributed by atoms with Gasteiger partial charge in [-0.25, -0.2) is 4.98 Å². The van der Waals surface area contributed by atoms with Gasteiger partial charge in [-0.2, -0.15) is 5.26 Å². The molecule has 0 fully saturated rings. The first-order valence-electron chi connectivity index (χ1n) is 6.33. The van der Waals surface area contributed by atoms with Crippen LogP contribution in [0, 0.1) is 11.3 Å². The Kier molecular flexibility index (Phi) is 4.14. The molecule has 0 bridgehead atoms. The fourth-order valence-electron chi connectivity index (χ4n) is 1.95. The zero-order valence-electron chi connectivity index (χ0n) is 10.6. The minimum atomic E-state index is 0.502. The van der Waals surface area contributed by atoms with Gasteiger partial charge in [-0.1, -0.05) is 37.6 Å². The van der Waals surface area contributed by atoms with Crippen LogP contribution in [0.25, 0.3) is 11.3 Å². The van der Waals surface area contributed by atoms with Crippen molar-refractivity contribution in [3.05, 3.63) is 41.9 Å². The molecule has 3 nitrogen and oxygen atoms in total. The van der Waals surface area contributed by atoms with Crippen LogP contribution in [0.4, 0.5) is 0 Å². The standard InChI is InChI=1S/C15H17N3/c1-2-4-12-6-8-13(9-7-12)14-11-17-15(18-14)5-3-10-16/h6-9,11H,2-5H2,1H3,(H,17,18). The normalized spacial score (nSPS) is 10.2. The van der Waals surface area contributed by atoms with Crippen LogP contribution in [0.2, 0.25) is 0 Å². The predicted octanol–water partition coefficient (Wildman–Crippen LogP) is 3.49. The molecular formula is C15H17N3. The molecule has 1 heterocycles. The lowest BCUT2D eigenvalue weighted by Crippen LogP contribution is -1.87. The van der Waals surface area contributed by atoms with E-state index >= 15 is 0 Å². The first kappa shape index (κ1) is 12.4. The van der Waals surface area contributed by atoms with Crippen molar-refractivity contribution in [1.82, 2.24) is 9.97 Å². The van der Waals surface area contributed by atoms with Gasteiger partial charge in [0.2, 0.25) is 0 Å². The molecule has 18 heavy (non-hydrogen) atoms. The minimum Gasteiger partial charge on any atom is -0.342 e. The first-order valence-corrected chi connectivity index (χ1v) is 6.33. The number of aromatic nitrogens is 2. The topological polar surface area (TPSA) is 52.5 Å². The van der Waals surface area contributed by atoms with Crippen molar-refractivity contribution in [3.63, 3.8) is 0 Å². The maximum atomic E-state index is 8.54. The van der Waals surface area contributed by atoms with Crippen LogP contribution in [0.3, 0.4) is 0 Å². The number of nitrogens with zero attached hydrogens (tertiary/aromatic N) is 2. The molecule has 0 amide bonds. The van der Waals surface area contributed by atoms with E-state index in [4.69, 9.17) is 5.26 Å². The Labute approximate surface area is 107 Å². The molecular weight excluding hydrogens is 222 g/mol. The molecule has 0 radical (unpaired) electrons. The second-order valence-corrected chi connectivity index (χ2v) is 4.35.